The Morgan fingerprint density at radius 3 is 2.38 bits per heavy atom. The Balaban J connectivity index is 1.75. The molecule has 1 atom stereocenters. The lowest BCUT2D eigenvalue weighted by atomic mass is 10.1. The maximum absolute atomic E-state index is 12.6. The standard InChI is InChI=1S/C21H20N2O3/c1-2-18(21(25)23-16-12-10-15(11-13-16)20(22)24)26-19-9-5-7-14-6-3-4-8-17(14)19/h3-13,18H,2H2,1H3,(H2,22,24)(H,23,25). The second-order valence-electron chi connectivity index (χ2n) is 5.92. The number of benzene rings is 3. The molecule has 0 heterocycles. The van der Waals surface area contributed by atoms with Crippen LogP contribution in [0, 0.1) is 0 Å². The number of amides is 2. The summed E-state index contributed by atoms with van der Waals surface area (Å²) in [6.45, 7) is 1.89. The number of nitrogens with two attached hydrogens (primary N) is 1. The van der Waals surface area contributed by atoms with Crippen LogP contribution in [0.3, 0.4) is 0 Å². The minimum absolute atomic E-state index is 0.243. The molecule has 0 radical (unpaired) electrons. The van der Waals surface area contributed by atoms with E-state index in [9.17, 15) is 9.59 Å². The lowest BCUT2D eigenvalue weighted by Crippen LogP contribution is -2.32. The average Bonchev–Trinajstić information content (AvgIpc) is 2.66. The molecule has 132 valence electrons. The van der Waals surface area contributed by atoms with Gasteiger partial charge in [0, 0.05) is 16.6 Å². The number of rotatable bonds is 6. The molecule has 5 heteroatoms. The first-order chi connectivity index (χ1) is 12.6. The second kappa shape index (κ2) is 7.70. The van der Waals surface area contributed by atoms with Crippen LogP contribution in [0.25, 0.3) is 10.8 Å². The molecule has 2 amide bonds. The highest BCUT2D eigenvalue weighted by atomic mass is 16.5. The van der Waals surface area contributed by atoms with Crippen LogP contribution >= 0.6 is 0 Å². The van der Waals surface area contributed by atoms with Crippen LogP contribution in [0.15, 0.2) is 66.7 Å². The number of hydrogen-bond acceptors (Lipinski definition) is 3. The minimum atomic E-state index is -0.628. The first-order valence-electron chi connectivity index (χ1n) is 8.43. The Hall–Kier alpha value is -3.34. The summed E-state index contributed by atoms with van der Waals surface area (Å²) in [6.07, 6.45) is -0.106. The van der Waals surface area contributed by atoms with Gasteiger partial charge in [-0.15, -0.1) is 0 Å². The summed E-state index contributed by atoms with van der Waals surface area (Å²) < 4.78 is 5.99. The molecule has 3 aromatic rings. The molecule has 0 bridgehead atoms. The third kappa shape index (κ3) is 3.83. The number of carbonyl (C=O) groups is 2. The van der Waals surface area contributed by atoms with Gasteiger partial charge in [0.2, 0.25) is 5.91 Å². The van der Waals surface area contributed by atoms with Crippen molar-refractivity contribution in [1.29, 1.82) is 0 Å². The zero-order valence-electron chi connectivity index (χ0n) is 14.4. The molecular weight excluding hydrogens is 328 g/mol. The van der Waals surface area contributed by atoms with Gasteiger partial charge in [0.1, 0.15) is 5.75 Å². The van der Waals surface area contributed by atoms with Crippen molar-refractivity contribution in [3.05, 3.63) is 72.3 Å². The molecule has 0 aromatic heterocycles. The summed E-state index contributed by atoms with van der Waals surface area (Å²) in [6, 6.07) is 20.1. The summed E-state index contributed by atoms with van der Waals surface area (Å²) in [5.74, 6) is -0.0740. The van der Waals surface area contributed by atoms with Crippen molar-refractivity contribution in [3.8, 4) is 5.75 Å². The fourth-order valence-corrected chi connectivity index (χ4v) is 2.71. The molecule has 26 heavy (non-hydrogen) atoms. The van der Waals surface area contributed by atoms with Gasteiger partial charge in [-0.2, -0.15) is 0 Å². The van der Waals surface area contributed by atoms with E-state index in [0.717, 1.165) is 10.8 Å². The van der Waals surface area contributed by atoms with Crippen molar-refractivity contribution in [2.75, 3.05) is 5.32 Å². The lowest BCUT2D eigenvalue weighted by Gasteiger charge is -2.18. The number of hydrogen-bond donors (Lipinski definition) is 2. The van der Waals surface area contributed by atoms with E-state index < -0.39 is 12.0 Å². The fraction of sp³-hybridized carbons (Fsp3) is 0.143. The Labute approximate surface area is 151 Å². The van der Waals surface area contributed by atoms with Gasteiger partial charge in [-0.1, -0.05) is 43.3 Å². The van der Waals surface area contributed by atoms with Crippen molar-refractivity contribution in [2.24, 2.45) is 5.73 Å². The molecule has 0 saturated heterocycles. The number of ether oxygens (including phenoxy) is 1. The third-order valence-electron chi connectivity index (χ3n) is 4.12. The van der Waals surface area contributed by atoms with E-state index in [0.29, 0.717) is 23.4 Å². The molecule has 0 spiro atoms. The summed E-state index contributed by atoms with van der Waals surface area (Å²) in [5, 5.41) is 4.83. The first kappa shape index (κ1) is 17.5. The molecular formula is C21H20N2O3. The zero-order valence-corrected chi connectivity index (χ0v) is 14.4. The van der Waals surface area contributed by atoms with Crippen LogP contribution in [0.4, 0.5) is 5.69 Å². The van der Waals surface area contributed by atoms with Crippen LogP contribution in [0.5, 0.6) is 5.75 Å². The van der Waals surface area contributed by atoms with Gasteiger partial charge in [0.15, 0.2) is 6.10 Å². The van der Waals surface area contributed by atoms with E-state index in [2.05, 4.69) is 5.32 Å². The van der Waals surface area contributed by atoms with Crippen LogP contribution in [-0.2, 0) is 4.79 Å². The van der Waals surface area contributed by atoms with E-state index in [-0.39, 0.29) is 5.91 Å². The Morgan fingerprint density at radius 2 is 1.69 bits per heavy atom. The maximum atomic E-state index is 12.6. The molecule has 0 aliphatic heterocycles. The van der Waals surface area contributed by atoms with Crippen LogP contribution < -0.4 is 15.8 Å². The predicted molar refractivity (Wildman–Crippen MR) is 102 cm³/mol. The molecule has 0 aliphatic rings. The molecule has 1 unspecified atom stereocenters. The van der Waals surface area contributed by atoms with Gasteiger partial charge >= 0.3 is 0 Å². The van der Waals surface area contributed by atoms with Gasteiger partial charge in [-0.3, -0.25) is 9.59 Å². The van der Waals surface area contributed by atoms with Gasteiger partial charge in [0.25, 0.3) is 5.91 Å². The van der Waals surface area contributed by atoms with E-state index in [1.54, 1.807) is 24.3 Å². The predicted octanol–water partition coefficient (Wildman–Crippen LogP) is 3.73. The molecule has 3 N–H and O–H groups in total. The minimum Gasteiger partial charge on any atom is -0.480 e. The summed E-state index contributed by atoms with van der Waals surface area (Å²) in [5.41, 5.74) is 6.19. The van der Waals surface area contributed by atoms with E-state index >= 15 is 0 Å². The summed E-state index contributed by atoms with van der Waals surface area (Å²) in [4.78, 5) is 23.7. The second-order valence-corrected chi connectivity index (χ2v) is 5.92. The molecule has 3 rings (SSSR count). The number of fused-ring (bicyclic) bond motifs is 1. The topological polar surface area (TPSA) is 81.4 Å². The number of primary amides is 1. The Bertz CT molecular complexity index is 930. The van der Waals surface area contributed by atoms with Gasteiger partial charge < -0.3 is 15.8 Å². The van der Waals surface area contributed by atoms with Crippen LogP contribution in [0.1, 0.15) is 23.7 Å². The van der Waals surface area contributed by atoms with E-state index in [1.807, 2.05) is 49.4 Å². The smallest absolute Gasteiger partial charge is 0.265 e. The summed E-state index contributed by atoms with van der Waals surface area (Å²) >= 11 is 0. The fourth-order valence-electron chi connectivity index (χ4n) is 2.71. The monoisotopic (exact) mass is 348 g/mol. The van der Waals surface area contributed by atoms with E-state index in [4.69, 9.17) is 10.5 Å². The van der Waals surface area contributed by atoms with Crippen molar-refractivity contribution in [3.63, 3.8) is 0 Å². The molecule has 5 nitrogen and oxygen atoms in total. The highest BCUT2D eigenvalue weighted by Gasteiger charge is 2.19. The first-order valence-corrected chi connectivity index (χ1v) is 8.43. The van der Waals surface area contributed by atoms with Crippen LogP contribution in [0.2, 0.25) is 0 Å². The highest BCUT2D eigenvalue weighted by Crippen LogP contribution is 2.26. The van der Waals surface area contributed by atoms with Crippen molar-refractivity contribution in [1.82, 2.24) is 0 Å². The average molecular weight is 348 g/mol. The quantitative estimate of drug-likeness (QED) is 0.712. The molecule has 0 fully saturated rings. The number of nitrogens with one attached hydrogen (secondary N) is 1. The van der Waals surface area contributed by atoms with Gasteiger partial charge in [-0.25, -0.2) is 0 Å². The lowest BCUT2D eigenvalue weighted by molar-refractivity contribution is -0.122. The molecule has 0 aliphatic carbocycles. The van der Waals surface area contributed by atoms with E-state index in [1.165, 1.54) is 0 Å². The number of carbonyl (C=O) groups excluding carboxylic acids is 2. The Morgan fingerprint density at radius 1 is 1.00 bits per heavy atom. The van der Waals surface area contributed by atoms with Gasteiger partial charge in [-0.05, 0) is 42.1 Å². The van der Waals surface area contributed by atoms with Crippen LogP contribution in [-0.4, -0.2) is 17.9 Å². The summed E-state index contributed by atoms with van der Waals surface area (Å²) in [7, 11) is 0. The van der Waals surface area contributed by atoms with Crippen molar-refractivity contribution in [2.45, 2.75) is 19.4 Å². The SMILES string of the molecule is CCC(Oc1cccc2ccccc12)C(=O)Nc1ccc(C(N)=O)cc1. The normalized spacial score (nSPS) is 11.7. The molecule has 0 saturated carbocycles. The van der Waals surface area contributed by atoms with Crippen molar-refractivity contribution >= 4 is 28.3 Å². The Kier molecular flexibility index (Phi) is 5.17. The third-order valence-corrected chi connectivity index (χ3v) is 4.12. The number of anilines is 1. The highest BCUT2D eigenvalue weighted by molar-refractivity contribution is 5.96. The maximum Gasteiger partial charge on any atom is 0.265 e. The largest absolute Gasteiger partial charge is 0.480 e. The van der Waals surface area contributed by atoms with Gasteiger partial charge in [0.05, 0.1) is 0 Å². The zero-order chi connectivity index (χ0) is 18.5. The molecule has 3 aromatic carbocycles. The van der Waals surface area contributed by atoms with Crippen molar-refractivity contribution < 1.29 is 14.3 Å².